The molecule has 2 heteroatoms. The first kappa shape index (κ1) is 27.7. The molecule has 0 atom stereocenters. The van der Waals surface area contributed by atoms with E-state index in [9.17, 15) is 0 Å². The quantitative estimate of drug-likeness (QED) is 0.145. The van der Waals surface area contributed by atoms with Gasteiger partial charge in [-0.1, -0.05) is 167 Å². The molecule has 202 valence electrons. The van der Waals surface area contributed by atoms with Crippen LogP contribution in [0.4, 0.5) is 5.69 Å². The van der Waals surface area contributed by atoms with Gasteiger partial charge in [0.1, 0.15) is 8.24 Å². The standard InChI is InChI=1S/C38H41NSi/c1-28(2)33-26-34(36(29-18-10-6-11-19-29)30-20-12-7-13-21-30)38(39-40(3,4)5)35(27-33)37(31-22-14-8-15-23-31)32-24-16-9-17-25-32/h6-28,36-37,39H,1-5H3. The summed E-state index contributed by atoms with van der Waals surface area (Å²) in [6.07, 6.45) is 0. The zero-order valence-electron chi connectivity index (χ0n) is 24.4. The van der Waals surface area contributed by atoms with Crippen LogP contribution in [0.15, 0.2) is 133 Å². The Morgan fingerprint density at radius 3 is 1.00 bits per heavy atom. The van der Waals surface area contributed by atoms with E-state index in [2.05, 4.69) is 172 Å². The summed E-state index contributed by atoms with van der Waals surface area (Å²) < 4.78 is 0. The third kappa shape index (κ3) is 6.29. The maximum atomic E-state index is 4.16. The molecule has 0 bridgehead atoms. The minimum Gasteiger partial charge on any atom is -0.410 e. The minimum absolute atomic E-state index is 0.117. The first-order chi connectivity index (χ1) is 19.3. The minimum atomic E-state index is -1.75. The van der Waals surface area contributed by atoms with Crippen LogP contribution in [0.25, 0.3) is 0 Å². The van der Waals surface area contributed by atoms with Crippen molar-refractivity contribution in [3.63, 3.8) is 0 Å². The topological polar surface area (TPSA) is 12.0 Å². The molecule has 0 aromatic heterocycles. The van der Waals surface area contributed by atoms with E-state index in [1.807, 2.05) is 0 Å². The van der Waals surface area contributed by atoms with Crippen molar-refractivity contribution in [3.8, 4) is 0 Å². The van der Waals surface area contributed by atoms with Gasteiger partial charge in [0.15, 0.2) is 0 Å². The molecule has 0 aliphatic heterocycles. The van der Waals surface area contributed by atoms with Crippen LogP contribution >= 0.6 is 0 Å². The lowest BCUT2D eigenvalue weighted by molar-refractivity contribution is 0.847. The Morgan fingerprint density at radius 1 is 0.450 bits per heavy atom. The molecule has 0 amide bonds. The number of nitrogens with one attached hydrogen (secondary N) is 1. The van der Waals surface area contributed by atoms with Gasteiger partial charge in [0.05, 0.1) is 0 Å². The molecule has 0 unspecified atom stereocenters. The van der Waals surface area contributed by atoms with E-state index in [0.717, 1.165) is 0 Å². The maximum absolute atomic E-state index is 4.16. The van der Waals surface area contributed by atoms with E-state index in [4.69, 9.17) is 0 Å². The average Bonchev–Trinajstić information content (AvgIpc) is 2.96. The van der Waals surface area contributed by atoms with E-state index in [0.29, 0.717) is 5.92 Å². The van der Waals surface area contributed by atoms with E-state index >= 15 is 0 Å². The largest absolute Gasteiger partial charge is 0.410 e. The molecule has 0 saturated carbocycles. The van der Waals surface area contributed by atoms with Crippen molar-refractivity contribution in [2.75, 3.05) is 4.98 Å². The Balaban J connectivity index is 1.88. The third-order valence-corrected chi connectivity index (χ3v) is 8.54. The van der Waals surface area contributed by atoms with Crippen molar-refractivity contribution in [3.05, 3.63) is 172 Å². The SMILES string of the molecule is CC(C)c1cc(C(c2ccccc2)c2ccccc2)c(N[Si](C)(C)C)c(C(c2ccccc2)c2ccccc2)c1. The van der Waals surface area contributed by atoms with Crippen LogP contribution in [0, 0.1) is 0 Å². The highest BCUT2D eigenvalue weighted by Gasteiger charge is 2.30. The normalized spacial score (nSPS) is 11.8. The summed E-state index contributed by atoms with van der Waals surface area (Å²) in [6.45, 7) is 11.8. The van der Waals surface area contributed by atoms with E-state index in [-0.39, 0.29) is 11.8 Å². The van der Waals surface area contributed by atoms with E-state index < -0.39 is 8.24 Å². The molecule has 0 aliphatic carbocycles. The second-order valence-corrected chi connectivity index (χ2v) is 16.9. The van der Waals surface area contributed by atoms with Crippen LogP contribution in [0.2, 0.25) is 19.6 Å². The van der Waals surface area contributed by atoms with E-state index in [1.165, 1.54) is 44.6 Å². The second-order valence-electron chi connectivity index (χ2n) is 12.1. The molecule has 0 radical (unpaired) electrons. The van der Waals surface area contributed by atoms with Gasteiger partial charge in [-0.3, -0.25) is 0 Å². The average molecular weight is 540 g/mol. The summed E-state index contributed by atoms with van der Waals surface area (Å²) >= 11 is 0. The Bertz CT molecular complexity index is 1320. The number of benzene rings is 5. The molecule has 1 N–H and O–H groups in total. The Morgan fingerprint density at radius 2 is 0.750 bits per heavy atom. The summed E-state index contributed by atoms with van der Waals surface area (Å²) in [4.78, 5) is 4.16. The molecule has 0 heterocycles. The Hall–Kier alpha value is -3.88. The van der Waals surface area contributed by atoms with Crippen molar-refractivity contribution >= 4 is 13.9 Å². The van der Waals surface area contributed by atoms with Crippen molar-refractivity contribution < 1.29 is 0 Å². The summed E-state index contributed by atoms with van der Waals surface area (Å²) in [7, 11) is -1.75. The smallest absolute Gasteiger partial charge is 0.144 e. The third-order valence-electron chi connectivity index (χ3n) is 7.54. The lowest BCUT2D eigenvalue weighted by Gasteiger charge is -2.33. The highest BCUT2D eigenvalue weighted by molar-refractivity contribution is 6.79. The monoisotopic (exact) mass is 539 g/mol. The zero-order chi connectivity index (χ0) is 28.1. The molecule has 0 fully saturated rings. The van der Waals surface area contributed by atoms with Crippen molar-refractivity contribution in [1.82, 2.24) is 0 Å². The van der Waals surface area contributed by atoms with Crippen molar-refractivity contribution in [1.29, 1.82) is 0 Å². The molecule has 5 aromatic carbocycles. The van der Waals surface area contributed by atoms with Crippen LogP contribution in [0.5, 0.6) is 0 Å². The molecule has 0 aliphatic rings. The first-order valence-electron chi connectivity index (χ1n) is 14.5. The van der Waals surface area contributed by atoms with Gasteiger partial charge in [-0.2, -0.15) is 0 Å². The van der Waals surface area contributed by atoms with Crippen LogP contribution < -0.4 is 4.98 Å². The summed E-state index contributed by atoms with van der Waals surface area (Å²) in [5.74, 6) is 0.634. The summed E-state index contributed by atoms with van der Waals surface area (Å²) in [6, 6.07) is 49.0. The predicted octanol–water partition coefficient (Wildman–Crippen LogP) is 10.4. The number of hydrogen-bond donors (Lipinski definition) is 1. The number of hydrogen-bond acceptors (Lipinski definition) is 1. The molecule has 40 heavy (non-hydrogen) atoms. The van der Waals surface area contributed by atoms with Gasteiger partial charge >= 0.3 is 0 Å². The van der Waals surface area contributed by atoms with Gasteiger partial charge in [-0.25, -0.2) is 0 Å². The highest BCUT2D eigenvalue weighted by Crippen LogP contribution is 2.45. The fourth-order valence-electron chi connectivity index (χ4n) is 5.70. The zero-order valence-corrected chi connectivity index (χ0v) is 25.4. The van der Waals surface area contributed by atoms with Gasteiger partial charge in [0, 0.05) is 17.5 Å². The summed E-state index contributed by atoms with van der Waals surface area (Å²) in [5.41, 5.74) is 10.6. The van der Waals surface area contributed by atoms with Crippen LogP contribution in [-0.4, -0.2) is 8.24 Å². The molecule has 5 rings (SSSR count). The maximum Gasteiger partial charge on any atom is 0.144 e. The molecule has 1 nitrogen and oxygen atoms in total. The van der Waals surface area contributed by atoms with Gasteiger partial charge in [0.2, 0.25) is 0 Å². The van der Waals surface area contributed by atoms with E-state index in [1.54, 1.807) is 0 Å². The lowest BCUT2D eigenvalue weighted by Crippen LogP contribution is -2.34. The fourth-order valence-corrected chi connectivity index (χ4v) is 6.74. The first-order valence-corrected chi connectivity index (χ1v) is 18.0. The van der Waals surface area contributed by atoms with Gasteiger partial charge in [0.25, 0.3) is 0 Å². The molecule has 0 saturated heterocycles. The molecule has 5 aromatic rings. The Labute approximate surface area is 242 Å². The van der Waals surface area contributed by atoms with Crippen LogP contribution in [0.3, 0.4) is 0 Å². The van der Waals surface area contributed by atoms with Gasteiger partial charge < -0.3 is 4.98 Å². The fraction of sp³-hybridized carbons (Fsp3) is 0.211. The van der Waals surface area contributed by atoms with Gasteiger partial charge in [-0.05, 0) is 44.9 Å². The Kier molecular flexibility index (Phi) is 8.37. The number of rotatable bonds is 9. The highest BCUT2D eigenvalue weighted by atomic mass is 28.3. The number of anilines is 1. The van der Waals surface area contributed by atoms with Crippen LogP contribution in [-0.2, 0) is 0 Å². The molecular formula is C38H41NSi. The predicted molar refractivity (Wildman–Crippen MR) is 175 cm³/mol. The van der Waals surface area contributed by atoms with Crippen LogP contribution in [0.1, 0.15) is 70.5 Å². The van der Waals surface area contributed by atoms with Crippen molar-refractivity contribution in [2.45, 2.75) is 51.2 Å². The molecule has 0 spiro atoms. The van der Waals surface area contributed by atoms with Crippen molar-refractivity contribution in [2.24, 2.45) is 0 Å². The second kappa shape index (κ2) is 12.1. The molecular weight excluding hydrogens is 499 g/mol. The summed E-state index contributed by atoms with van der Waals surface area (Å²) in [5, 5.41) is 0. The lowest BCUT2D eigenvalue weighted by atomic mass is 9.77. The van der Waals surface area contributed by atoms with Gasteiger partial charge in [-0.15, -0.1) is 0 Å².